The van der Waals surface area contributed by atoms with Crippen LogP contribution < -0.4 is 0 Å². The van der Waals surface area contributed by atoms with Crippen molar-refractivity contribution in [2.45, 2.75) is 51.7 Å². The van der Waals surface area contributed by atoms with E-state index in [0.717, 1.165) is 19.4 Å². The van der Waals surface area contributed by atoms with Crippen molar-refractivity contribution in [1.82, 2.24) is 0 Å². The molecule has 1 aliphatic heterocycles. The Morgan fingerprint density at radius 1 is 1.50 bits per heavy atom. The summed E-state index contributed by atoms with van der Waals surface area (Å²) < 4.78 is 16.0. The van der Waals surface area contributed by atoms with Gasteiger partial charge in [-0.2, -0.15) is 0 Å². The highest BCUT2D eigenvalue weighted by Gasteiger charge is 2.16. The monoisotopic (exact) mass is 230 g/mol. The Kier molecular flexibility index (Phi) is 6.42. The van der Waals surface area contributed by atoms with Gasteiger partial charge in [-0.15, -0.1) is 0 Å². The summed E-state index contributed by atoms with van der Waals surface area (Å²) >= 11 is 0. The van der Waals surface area contributed by atoms with Gasteiger partial charge in [0.05, 0.1) is 31.8 Å². The maximum atomic E-state index is 11.2. The first-order chi connectivity index (χ1) is 7.72. The molecular formula is C12H22O4. The molecule has 4 heteroatoms. The normalized spacial score (nSPS) is 22.8. The summed E-state index contributed by atoms with van der Waals surface area (Å²) in [6.07, 6.45) is 3.85. The van der Waals surface area contributed by atoms with E-state index in [0.29, 0.717) is 19.6 Å². The minimum Gasteiger partial charge on any atom is -0.466 e. The molecule has 0 radical (unpaired) electrons. The first-order valence-electron chi connectivity index (χ1n) is 6.11. The highest BCUT2D eigenvalue weighted by Crippen LogP contribution is 2.13. The van der Waals surface area contributed by atoms with Crippen LogP contribution in [0.1, 0.15) is 39.5 Å². The van der Waals surface area contributed by atoms with E-state index < -0.39 is 0 Å². The van der Waals surface area contributed by atoms with Crippen LogP contribution in [0.2, 0.25) is 0 Å². The van der Waals surface area contributed by atoms with Gasteiger partial charge in [0.25, 0.3) is 0 Å². The Bertz CT molecular complexity index is 199. The van der Waals surface area contributed by atoms with E-state index in [4.69, 9.17) is 14.2 Å². The Balaban J connectivity index is 2.08. The minimum absolute atomic E-state index is 0.0930. The quantitative estimate of drug-likeness (QED) is 0.654. The molecule has 0 aromatic rings. The molecule has 94 valence electrons. The first kappa shape index (κ1) is 13.5. The topological polar surface area (TPSA) is 44.8 Å². The van der Waals surface area contributed by atoms with Gasteiger partial charge in [0.15, 0.2) is 0 Å². The summed E-state index contributed by atoms with van der Waals surface area (Å²) in [6.45, 7) is 5.54. The van der Waals surface area contributed by atoms with Gasteiger partial charge in [-0.3, -0.25) is 4.79 Å². The second-order valence-corrected chi connectivity index (χ2v) is 4.14. The molecule has 4 nitrogen and oxygen atoms in total. The average molecular weight is 230 g/mol. The van der Waals surface area contributed by atoms with Crippen LogP contribution in [0.3, 0.4) is 0 Å². The number of esters is 1. The van der Waals surface area contributed by atoms with Crippen LogP contribution in [-0.2, 0) is 19.0 Å². The predicted octanol–water partition coefficient (Wildman–Crippen LogP) is 1.91. The van der Waals surface area contributed by atoms with Gasteiger partial charge >= 0.3 is 5.97 Å². The highest BCUT2D eigenvalue weighted by molar-refractivity contribution is 5.69. The van der Waals surface area contributed by atoms with E-state index in [1.807, 2.05) is 6.92 Å². The SMILES string of the molecule is CCOC(=O)CC(C)OCC1CCCCO1. The van der Waals surface area contributed by atoms with Crippen molar-refractivity contribution in [3.8, 4) is 0 Å². The number of rotatable bonds is 6. The second-order valence-electron chi connectivity index (χ2n) is 4.14. The second kappa shape index (κ2) is 7.63. The van der Waals surface area contributed by atoms with Crippen LogP contribution in [0.5, 0.6) is 0 Å². The van der Waals surface area contributed by atoms with Gasteiger partial charge in [-0.1, -0.05) is 0 Å². The van der Waals surface area contributed by atoms with Crippen LogP contribution in [0.4, 0.5) is 0 Å². The van der Waals surface area contributed by atoms with Crippen molar-refractivity contribution in [3.05, 3.63) is 0 Å². The molecule has 0 aromatic carbocycles. The van der Waals surface area contributed by atoms with Crippen molar-refractivity contribution in [2.75, 3.05) is 19.8 Å². The molecule has 0 spiro atoms. The molecule has 2 atom stereocenters. The zero-order valence-electron chi connectivity index (χ0n) is 10.2. The summed E-state index contributed by atoms with van der Waals surface area (Å²) in [5.74, 6) is -0.195. The van der Waals surface area contributed by atoms with Gasteiger partial charge in [0, 0.05) is 6.61 Å². The minimum atomic E-state index is -0.195. The molecule has 1 heterocycles. The fourth-order valence-corrected chi connectivity index (χ4v) is 1.72. The van der Waals surface area contributed by atoms with E-state index in [9.17, 15) is 4.79 Å². The van der Waals surface area contributed by atoms with Crippen molar-refractivity contribution in [1.29, 1.82) is 0 Å². The van der Waals surface area contributed by atoms with E-state index in [-0.39, 0.29) is 18.2 Å². The van der Waals surface area contributed by atoms with Crippen molar-refractivity contribution in [2.24, 2.45) is 0 Å². The smallest absolute Gasteiger partial charge is 0.308 e. The maximum Gasteiger partial charge on any atom is 0.308 e. The van der Waals surface area contributed by atoms with Crippen LogP contribution in [-0.4, -0.2) is 38.0 Å². The molecule has 0 N–H and O–H groups in total. The molecule has 1 fully saturated rings. The number of carbonyl (C=O) groups is 1. The fraction of sp³-hybridized carbons (Fsp3) is 0.917. The highest BCUT2D eigenvalue weighted by atomic mass is 16.5. The molecule has 0 bridgehead atoms. The van der Waals surface area contributed by atoms with E-state index >= 15 is 0 Å². The third-order valence-corrected chi connectivity index (χ3v) is 2.60. The Hall–Kier alpha value is -0.610. The molecule has 2 unspecified atom stereocenters. The lowest BCUT2D eigenvalue weighted by molar-refractivity contribution is -0.147. The lowest BCUT2D eigenvalue weighted by Gasteiger charge is -2.23. The number of hydrogen-bond donors (Lipinski definition) is 0. The third kappa shape index (κ3) is 5.47. The summed E-state index contributed by atoms with van der Waals surface area (Å²) in [4.78, 5) is 11.2. The lowest BCUT2D eigenvalue weighted by Crippen LogP contribution is -2.27. The van der Waals surface area contributed by atoms with Crippen LogP contribution in [0, 0.1) is 0 Å². The van der Waals surface area contributed by atoms with Crippen molar-refractivity contribution in [3.63, 3.8) is 0 Å². The van der Waals surface area contributed by atoms with Crippen LogP contribution in [0.15, 0.2) is 0 Å². The van der Waals surface area contributed by atoms with E-state index in [1.165, 1.54) is 6.42 Å². The molecule has 0 aromatic heterocycles. The molecule has 0 aliphatic carbocycles. The summed E-state index contributed by atoms with van der Waals surface area (Å²) in [7, 11) is 0. The number of carbonyl (C=O) groups excluding carboxylic acids is 1. The fourth-order valence-electron chi connectivity index (χ4n) is 1.72. The molecule has 1 saturated heterocycles. The van der Waals surface area contributed by atoms with E-state index in [2.05, 4.69) is 0 Å². The van der Waals surface area contributed by atoms with Gasteiger partial charge in [-0.05, 0) is 33.1 Å². The molecule has 16 heavy (non-hydrogen) atoms. The maximum absolute atomic E-state index is 11.2. The van der Waals surface area contributed by atoms with Crippen LogP contribution >= 0.6 is 0 Å². The molecule has 1 rings (SSSR count). The standard InChI is InChI=1S/C12H22O4/c1-3-14-12(13)8-10(2)16-9-11-6-4-5-7-15-11/h10-11H,3-9H2,1-2H3. The molecule has 0 saturated carbocycles. The van der Waals surface area contributed by atoms with Gasteiger partial charge < -0.3 is 14.2 Å². The third-order valence-electron chi connectivity index (χ3n) is 2.60. The van der Waals surface area contributed by atoms with Gasteiger partial charge in [0.2, 0.25) is 0 Å². The Morgan fingerprint density at radius 3 is 2.94 bits per heavy atom. The van der Waals surface area contributed by atoms with Gasteiger partial charge in [0.1, 0.15) is 0 Å². The molecular weight excluding hydrogens is 208 g/mol. The average Bonchev–Trinajstić information content (AvgIpc) is 2.28. The first-order valence-corrected chi connectivity index (χ1v) is 6.11. The zero-order valence-corrected chi connectivity index (χ0v) is 10.2. The zero-order chi connectivity index (χ0) is 11.8. The summed E-state index contributed by atoms with van der Waals surface area (Å²) in [5, 5.41) is 0. The molecule has 1 aliphatic rings. The summed E-state index contributed by atoms with van der Waals surface area (Å²) in [6, 6.07) is 0. The van der Waals surface area contributed by atoms with Gasteiger partial charge in [-0.25, -0.2) is 0 Å². The van der Waals surface area contributed by atoms with E-state index in [1.54, 1.807) is 6.92 Å². The Labute approximate surface area is 97.2 Å². The molecule has 0 amide bonds. The number of ether oxygens (including phenoxy) is 3. The predicted molar refractivity (Wildman–Crippen MR) is 60.3 cm³/mol. The van der Waals surface area contributed by atoms with Crippen molar-refractivity contribution >= 4 is 5.97 Å². The van der Waals surface area contributed by atoms with Crippen LogP contribution in [0.25, 0.3) is 0 Å². The number of hydrogen-bond acceptors (Lipinski definition) is 4. The summed E-state index contributed by atoms with van der Waals surface area (Å²) in [5.41, 5.74) is 0. The largest absolute Gasteiger partial charge is 0.466 e. The van der Waals surface area contributed by atoms with Crippen molar-refractivity contribution < 1.29 is 19.0 Å². The Morgan fingerprint density at radius 2 is 2.31 bits per heavy atom. The lowest BCUT2D eigenvalue weighted by atomic mass is 10.1.